The molecule has 0 fully saturated rings. The third-order valence-electron chi connectivity index (χ3n) is 4.21. The van der Waals surface area contributed by atoms with Crippen molar-refractivity contribution in [3.05, 3.63) is 70.8 Å². The van der Waals surface area contributed by atoms with Crippen LogP contribution in [0.1, 0.15) is 17.4 Å². The van der Waals surface area contributed by atoms with Crippen LogP contribution in [0, 0.1) is 0 Å². The van der Waals surface area contributed by atoms with Gasteiger partial charge in [-0.3, -0.25) is 4.79 Å². The summed E-state index contributed by atoms with van der Waals surface area (Å²) in [5.74, 6) is 0.0631. The molecule has 2 aromatic carbocycles. The molecule has 0 aliphatic heterocycles. The first-order valence-corrected chi connectivity index (χ1v) is 8.70. The molecule has 0 radical (unpaired) electrons. The number of fused-ring (bicyclic) bond motifs is 1. The number of ether oxygens (including phenoxy) is 1. The number of aromatic amines is 1. The summed E-state index contributed by atoms with van der Waals surface area (Å²) in [7, 11) is 0. The Hall–Kier alpha value is -3.94. The average molecular weight is 375 g/mol. The molecular weight excluding hydrogens is 358 g/mol. The van der Waals surface area contributed by atoms with Crippen molar-refractivity contribution in [1.82, 2.24) is 19.5 Å². The van der Waals surface area contributed by atoms with Gasteiger partial charge in [-0.15, -0.1) is 0 Å². The molecule has 4 rings (SSSR count). The molecular formula is C20H17N5O3. The van der Waals surface area contributed by atoms with E-state index in [1.807, 2.05) is 43.3 Å². The molecule has 0 aliphatic rings. The lowest BCUT2D eigenvalue weighted by Gasteiger charge is -2.11. The highest BCUT2D eigenvalue weighted by molar-refractivity contribution is 6.02. The Bertz CT molecular complexity index is 1230. The van der Waals surface area contributed by atoms with Gasteiger partial charge >= 0.3 is 5.69 Å². The predicted molar refractivity (Wildman–Crippen MR) is 105 cm³/mol. The minimum Gasteiger partial charge on any atom is -0.492 e. The lowest BCUT2D eigenvalue weighted by atomic mass is 10.2. The van der Waals surface area contributed by atoms with E-state index >= 15 is 0 Å². The molecule has 2 heterocycles. The maximum absolute atomic E-state index is 12.8. The molecule has 3 N–H and O–H groups in total. The fourth-order valence-electron chi connectivity index (χ4n) is 3.02. The summed E-state index contributed by atoms with van der Waals surface area (Å²) in [6.07, 6.45) is 0. The summed E-state index contributed by atoms with van der Waals surface area (Å²) < 4.78 is 7.01. The fourth-order valence-corrected chi connectivity index (χ4v) is 3.02. The van der Waals surface area contributed by atoms with Crippen molar-refractivity contribution in [1.29, 1.82) is 0 Å². The molecule has 0 saturated carbocycles. The quantitative estimate of drug-likeness (QED) is 0.555. The molecule has 0 unspecified atom stereocenters. The van der Waals surface area contributed by atoms with E-state index in [0.29, 0.717) is 29.4 Å². The molecule has 0 spiro atoms. The lowest BCUT2D eigenvalue weighted by Crippen LogP contribution is -2.16. The third-order valence-corrected chi connectivity index (χ3v) is 4.21. The number of carbonyl (C=O) groups excluding carboxylic acids is 1. The number of carbonyl (C=O) groups is 1. The van der Waals surface area contributed by atoms with Gasteiger partial charge in [0, 0.05) is 5.56 Å². The van der Waals surface area contributed by atoms with Gasteiger partial charge in [0.05, 0.1) is 12.3 Å². The van der Waals surface area contributed by atoms with Crippen LogP contribution in [-0.2, 0) is 0 Å². The number of imidazole rings is 1. The third kappa shape index (κ3) is 2.90. The van der Waals surface area contributed by atoms with Crippen LogP contribution >= 0.6 is 0 Å². The van der Waals surface area contributed by atoms with Gasteiger partial charge in [-0.25, -0.2) is 19.3 Å². The summed E-state index contributed by atoms with van der Waals surface area (Å²) >= 11 is 0. The van der Waals surface area contributed by atoms with Crippen molar-refractivity contribution in [3.63, 3.8) is 0 Å². The number of amides is 1. The Kier molecular flexibility index (Phi) is 4.36. The van der Waals surface area contributed by atoms with Gasteiger partial charge in [-0.2, -0.15) is 0 Å². The molecule has 2 aromatic heterocycles. The van der Waals surface area contributed by atoms with E-state index in [4.69, 9.17) is 10.5 Å². The van der Waals surface area contributed by atoms with Crippen LogP contribution in [0.4, 0.5) is 0 Å². The number of benzene rings is 2. The molecule has 4 aromatic rings. The predicted octanol–water partition coefficient (Wildman–Crippen LogP) is 2.27. The summed E-state index contributed by atoms with van der Waals surface area (Å²) in [6.45, 7) is 2.29. The van der Waals surface area contributed by atoms with E-state index in [9.17, 15) is 9.59 Å². The number of nitrogens with zero attached hydrogens (tertiary/aromatic N) is 3. The highest BCUT2D eigenvalue weighted by atomic mass is 16.5. The van der Waals surface area contributed by atoms with Crippen LogP contribution in [0.5, 0.6) is 5.75 Å². The Labute approximate surface area is 159 Å². The van der Waals surface area contributed by atoms with Gasteiger partial charge in [0.15, 0.2) is 17.2 Å². The van der Waals surface area contributed by atoms with Gasteiger partial charge in [-0.1, -0.05) is 42.5 Å². The lowest BCUT2D eigenvalue weighted by molar-refractivity contribution is 0.0997. The summed E-state index contributed by atoms with van der Waals surface area (Å²) in [5, 5.41) is 0. The monoisotopic (exact) mass is 375 g/mol. The van der Waals surface area contributed by atoms with Crippen molar-refractivity contribution >= 4 is 17.1 Å². The number of nitrogens with one attached hydrogen (secondary N) is 1. The molecule has 0 bridgehead atoms. The Morgan fingerprint density at radius 3 is 2.54 bits per heavy atom. The van der Waals surface area contributed by atoms with E-state index in [1.54, 1.807) is 18.2 Å². The second-order valence-corrected chi connectivity index (χ2v) is 5.99. The van der Waals surface area contributed by atoms with Gasteiger partial charge < -0.3 is 15.5 Å². The van der Waals surface area contributed by atoms with E-state index in [0.717, 1.165) is 0 Å². The molecule has 0 saturated heterocycles. The van der Waals surface area contributed by atoms with Crippen molar-refractivity contribution < 1.29 is 9.53 Å². The molecule has 0 atom stereocenters. The zero-order valence-electron chi connectivity index (χ0n) is 15.0. The molecule has 0 aliphatic carbocycles. The largest absolute Gasteiger partial charge is 0.492 e. The molecule has 28 heavy (non-hydrogen) atoms. The minimum absolute atomic E-state index is 0.0476. The van der Waals surface area contributed by atoms with E-state index in [1.165, 1.54) is 4.57 Å². The minimum atomic E-state index is -0.754. The van der Waals surface area contributed by atoms with Crippen LogP contribution in [-0.4, -0.2) is 32.0 Å². The molecule has 8 heteroatoms. The van der Waals surface area contributed by atoms with Crippen molar-refractivity contribution in [2.75, 3.05) is 6.61 Å². The van der Waals surface area contributed by atoms with E-state index in [-0.39, 0.29) is 16.9 Å². The van der Waals surface area contributed by atoms with Crippen molar-refractivity contribution in [3.8, 4) is 22.8 Å². The Balaban J connectivity index is 2.06. The number of hydrogen-bond acceptors (Lipinski definition) is 5. The number of rotatable bonds is 5. The molecule has 8 nitrogen and oxygen atoms in total. The highest BCUT2D eigenvalue weighted by Crippen LogP contribution is 2.26. The zero-order valence-corrected chi connectivity index (χ0v) is 15.0. The standard InChI is InChI=1S/C20H17N5O3/c1-2-28-14-11-7-6-10-13(14)25-19-16(23-20(25)27)15(17(21)26)22-18(24-19)12-8-4-3-5-9-12/h3-11H,2H2,1H3,(H2,21,26)(H,23,27). The number of aromatic nitrogens is 4. The summed E-state index contributed by atoms with van der Waals surface area (Å²) in [4.78, 5) is 36.2. The second kappa shape index (κ2) is 6.99. The van der Waals surface area contributed by atoms with Crippen molar-refractivity contribution in [2.24, 2.45) is 5.73 Å². The fraction of sp³-hybridized carbons (Fsp3) is 0.100. The first-order valence-electron chi connectivity index (χ1n) is 8.70. The maximum Gasteiger partial charge on any atom is 0.332 e. The summed E-state index contributed by atoms with van der Waals surface area (Å²) in [5.41, 5.74) is 6.64. The maximum atomic E-state index is 12.8. The second-order valence-electron chi connectivity index (χ2n) is 5.99. The van der Waals surface area contributed by atoms with Gasteiger partial charge in [-0.05, 0) is 19.1 Å². The zero-order chi connectivity index (χ0) is 19.7. The highest BCUT2D eigenvalue weighted by Gasteiger charge is 2.21. The van der Waals surface area contributed by atoms with Crippen LogP contribution in [0.2, 0.25) is 0 Å². The van der Waals surface area contributed by atoms with E-state index in [2.05, 4.69) is 15.0 Å². The number of hydrogen-bond donors (Lipinski definition) is 2. The Morgan fingerprint density at radius 1 is 1.11 bits per heavy atom. The van der Waals surface area contributed by atoms with Gasteiger partial charge in [0.1, 0.15) is 11.3 Å². The Morgan fingerprint density at radius 2 is 1.82 bits per heavy atom. The van der Waals surface area contributed by atoms with Gasteiger partial charge in [0.25, 0.3) is 5.91 Å². The van der Waals surface area contributed by atoms with Crippen LogP contribution in [0.15, 0.2) is 59.4 Å². The van der Waals surface area contributed by atoms with Crippen LogP contribution < -0.4 is 16.2 Å². The first-order chi connectivity index (χ1) is 13.6. The molecule has 140 valence electrons. The smallest absolute Gasteiger partial charge is 0.332 e. The number of nitrogens with two attached hydrogens (primary N) is 1. The summed E-state index contributed by atoms with van der Waals surface area (Å²) in [6, 6.07) is 16.3. The van der Waals surface area contributed by atoms with Crippen LogP contribution in [0.3, 0.4) is 0 Å². The topological polar surface area (TPSA) is 116 Å². The number of H-pyrrole nitrogens is 1. The SMILES string of the molecule is CCOc1ccccc1-n1c(=O)[nH]c2c(C(N)=O)nc(-c3ccccc3)nc21. The average Bonchev–Trinajstić information content (AvgIpc) is 3.04. The van der Waals surface area contributed by atoms with Crippen molar-refractivity contribution in [2.45, 2.75) is 6.92 Å². The number of primary amides is 1. The van der Waals surface area contributed by atoms with E-state index < -0.39 is 11.6 Å². The van der Waals surface area contributed by atoms with Crippen LogP contribution in [0.25, 0.3) is 28.2 Å². The molecule has 1 amide bonds. The number of para-hydroxylation sites is 2. The van der Waals surface area contributed by atoms with Gasteiger partial charge in [0.2, 0.25) is 0 Å². The first kappa shape index (κ1) is 17.5. The normalized spacial score (nSPS) is 10.9.